The van der Waals surface area contributed by atoms with E-state index in [2.05, 4.69) is 21.6 Å². The largest absolute Gasteiger partial charge is 0.497 e. The number of aryl methyl sites for hydroxylation is 1. The molecule has 7 heteroatoms. The van der Waals surface area contributed by atoms with E-state index in [0.717, 1.165) is 72.8 Å². The third kappa shape index (κ3) is 6.79. The molecule has 1 aliphatic heterocycles. The van der Waals surface area contributed by atoms with Gasteiger partial charge in [0.1, 0.15) is 5.75 Å². The number of piperidine rings is 1. The van der Waals surface area contributed by atoms with E-state index in [1.165, 1.54) is 31.4 Å². The van der Waals surface area contributed by atoms with Gasteiger partial charge >= 0.3 is 5.97 Å². The number of carboxylic acids is 1. The zero-order valence-corrected chi connectivity index (χ0v) is 21.8. The molecule has 1 N–H and O–H groups in total. The number of likely N-dealkylation sites (tertiary alicyclic amines) is 1. The molecule has 34 heavy (non-hydrogen) atoms. The van der Waals surface area contributed by atoms with Crippen LogP contribution < -0.4 is 4.74 Å². The van der Waals surface area contributed by atoms with Crippen molar-refractivity contribution in [1.82, 2.24) is 9.88 Å². The number of pyridine rings is 1. The van der Waals surface area contributed by atoms with E-state index in [1.54, 1.807) is 13.3 Å². The van der Waals surface area contributed by atoms with Crippen LogP contribution in [0, 0.1) is 11.8 Å². The van der Waals surface area contributed by atoms with Crippen molar-refractivity contribution in [2.24, 2.45) is 11.8 Å². The number of benzene rings is 1. The SMILES string of the molecule is COc1ccc2ncc(Cl)c(CCC[C@@H]3CCN(CCSC4CCCC4)C[C@@H]3CC(=O)O)c2c1. The third-order valence-electron chi connectivity index (χ3n) is 7.61. The Balaban J connectivity index is 1.33. The number of carboxylic acid groups (broad SMARTS) is 1. The van der Waals surface area contributed by atoms with Crippen LogP contribution in [-0.4, -0.2) is 58.7 Å². The van der Waals surface area contributed by atoms with Gasteiger partial charge in [0.15, 0.2) is 0 Å². The molecular formula is C27H37ClN2O3S. The van der Waals surface area contributed by atoms with Crippen molar-refractivity contribution in [2.75, 3.05) is 32.5 Å². The van der Waals surface area contributed by atoms with Crippen molar-refractivity contribution < 1.29 is 14.6 Å². The molecule has 186 valence electrons. The fourth-order valence-electron chi connectivity index (χ4n) is 5.72. The monoisotopic (exact) mass is 504 g/mol. The summed E-state index contributed by atoms with van der Waals surface area (Å²) in [5.74, 6) is 1.99. The molecule has 2 heterocycles. The van der Waals surface area contributed by atoms with Gasteiger partial charge in [-0.15, -0.1) is 0 Å². The van der Waals surface area contributed by atoms with Crippen LogP contribution in [0.25, 0.3) is 10.9 Å². The Morgan fingerprint density at radius 1 is 1.26 bits per heavy atom. The number of hydrogen-bond acceptors (Lipinski definition) is 5. The number of aliphatic carboxylic acids is 1. The summed E-state index contributed by atoms with van der Waals surface area (Å²) >= 11 is 8.67. The number of rotatable bonds is 11. The van der Waals surface area contributed by atoms with E-state index in [-0.39, 0.29) is 12.3 Å². The van der Waals surface area contributed by atoms with E-state index in [9.17, 15) is 9.90 Å². The van der Waals surface area contributed by atoms with Crippen LogP contribution in [0.1, 0.15) is 56.9 Å². The maximum atomic E-state index is 11.6. The van der Waals surface area contributed by atoms with Crippen LogP contribution in [-0.2, 0) is 11.2 Å². The number of ether oxygens (including phenoxy) is 1. The van der Waals surface area contributed by atoms with E-state index in [4.69, 9.17) is 16.3 Å². The Morgan fingerprint density at radius 2 is 2.09 bits per heavy atom. The summed E-state index contributed by atoms with van der Waals surface area (Å²) in [5.41, 5.74) is 2.04. The molecule has 4 rings (SSSR count). The van der Waals surface area contributed by atoms with E-state index < -0.39 is 5.97 Å². The number of hydrogen-bond donors (Lipinski definition) is 1. The molecule has 0 unspecified atom stereocenters. The minimum atomic E-state index is -0.674. The van der Waals surface area contributed by atoms with Gasteiger partial charge in [-0.3, -0.25) is 9.78 Å². The lowest BCUT2D eigenvalue weighted by Crippen LogP contribution is -2.42. The lowest BCUT2D eigenvalue weighted by Gasteiger charge is -2.38. The van der Waals surface area contributed by atoms with Crippen molar-refractivity contribution in [1.29, 1.82) is 0 Å². The number of nitrogens with zero attached hydrogens (tertiary/aromatic N) is 2. The summed E-state index contributed by atoms with van der Waals surface area (Å²) < 4.78 is 5.40. The number of fused-ring (bicyclic) bond motifs is 1. The molecule has 1 aromatic heterocycles. The summed E-state index contributed by atoms with van der Waals surface area (Å²) in [4.78, 5) is 18.6. The van der Waals surface area contributed by atoms with Crippen LogP contribution in [0.15, 0.2) is 24.4 Å². The fourth-order valence-corrected chi connectivity index (χ4v) is 7.33. The highest BCUT2D eigenvalue weighted by atomic mass is 35.5. The van der Waals surface area contributed by atoms with Gasteiger partial charge in [0, 0.05) is 42.1 Å². The molecule has 0 bridgehead atoms. The first kappa shape index (κ1) is 25.6. The number of methoxy groups -OCH3 is 1. The lowest BCUT2D eigenvalue weighted by molar-refractivity contribution is -0.139. The summed E-state index contributed by atoms with van der Waals surface area (Å²) in [6.07, 6.45) is 11.5. The highest BCUT2D eigenvalue weighted by Gasteiger charge is 2.30. The highest BCUT2D eigenvalue weighted by Crippen LogP contribution is 2.34. The van der Waals surface area contributed by atoms with Crippen molar-refractivity contribution in [2.45, 2.75) is 63.0 Å². The summed E-state index contributed by atoms with van der Waals surface area (Å²) in [6, 6.07) is 5.90. The minimum absolute atomic E-state index is 0.229. The molecule has 0 radical (unpaired) electrons. The van der Waals surface area contributed by atoms with Gasteiger partial charge in [0.2, 0.25) is 0 Å². The standard InChI is InChI=1S/C27H37ClN2O3S/c1-33-21-9-10-26-24(16-21)23(25(28)17-29-26)8-4-5-19-11-12-30(18-20(19)15-27(31)32)13-14-34-22-6-2-3-7-22/h9-10,16-17,19-20,22H,2-8,11-15,18H2,1H3,(H,31,32)/t19-,20+/m1/s1. The second-order valence-corrected chi connectivity index (χ2v) is 11.7. The van der Waals surface area contributed by atoms with Gasteiger partial charge in [-0.05, 0) is 80.7 Å². The van der Waals surface area contributed by atoms with Gasteiger partial charge in [-0.1, -0.05) is 24.4 Å². The fraction of sp³-hybridized carbons (Fsp3) is 0.630. The number of aromatic nitrogens is 1. The molecule has 0 spiro atoms. The zero-order chi connectivity index (χ0) is 23.9. The van der Waals surface area contributed by atoms with Crippen molar-refractivity contribution >= 4 is 40.2 Å². The molecule has 1 saturated carbocycles. The van der Waals surface area contributed by atoms with Gasteiger partial charge < -0.3 is 14.7 Å². The predicted molar refractivity (Wildman–Crippen MR) is 141 cm³/mol. The summed E-state index contributed by atoms with van der Waals surface area (Å²) in [7, 11) is 1.67. The predicted octanol–water partition coefficient (Wildman–Crippen LogP) is 6.31. The molecule has 1 aromatic carbocycles. The summed E-state index contributed by atoms with van der Waals surface area (Å²) in [6.45, 7) is 3.09. The molecule has 1 aliphatic carbocycles. The smallest absolute Gasteiger partial charge is 0.303 e. The number of halogens is 1. The van der Waals surface area contributed by atoms with Crippen LogP contribution >= 0.6 is 23.4 Å². The first-order valence-electron chi connectivity index (χ1n) is 12.7. The second kappa shape index (κ2) is 12.5. The third-order valence-corrected chi connectivity index (χ3v) is 9.30. The number of carbonyl (C=O) groups is 1. The second-order valence-electron chi connectivity index (χ2n) is 9.84. The Labute approximate surface area is 212 Å². The first-order valence-corrected chi connectivity index (χ1v) is 14.1. The van der Waals surface area contributed by atoms with E-state index >= 15 is 0 Å². The number of thioether (sulfide) groups is 1. The van der Waals surface area contributed by atoms with Gasteiger partial charge in [-0.25, -0.2) is 0 Å². The van der Waals surface area contributed by atoms with Crippen LogP contribution in [0.5, 0.6) is 5.75 Å². The Bertz CT molecular complexity index is 966. The average Bonchev–Trinajstić information content (AvgIpc) is 3.34. The molecule has 0 amide bonds. The average molecular weight is 505 g/mol. The van der Waals surface area contributed by atoms with Crippen LogP contribution in [0.2, 0.25) is 5.02 Å². The molecule has 2 fully saturated rings. The van der Waals surface area contributed by atoms with E-state index in [0.29, 0.717) is 10.9 Å². The zero-order valence-electron chi connectivity index (χ0n) is 20.2. The first-order chi connectivity index (χ1) is 16.5. The topological polar surface area (TPSA) is 62.7 Å². The van der Waals surface area contributed by atoms with Gasteiger partial charge in [0.05, 0.1) is 17.6 Å². The maximum Gasteiger partial charge on any atom is 0.303 e. The Hall–Kier alpha value is -1.50. The normalized spacial score (nSPS) is 21.8. The molecule has 5 nitrogen and oxygen atoms in total. The lowest BCUT2D eigenvalue weighted by atomic mass is 9.80. The quantitative estimate of drug-likeness (QED) is 0.387. The minimum Gasteiger partial charge on any atom is -0.497 e. The van der Waals surface area contributed by atoms with E-state index in [1.807, 2.05) is 18.2 Å². The highest BCUT2D eigenvalue weighted by molar-refractivity contribution is 7.99. The van der Waals surface area contributed by atoms with Crippen molar-refractivity contribution in [3.05, 3.63) is 35.0 Å². The van der Waals surface area contributed by atoms with Crippen LogP contribution in [0.3, 0.4) is 0 Å². The van der Waals surface area contributed by atoms with Crippen LogP contribution in [0.4, 0.5) is 0 Å². The maximum absolute atomic E-state index is 11.6. The summed E-state index contributed by atoms with van der Waals surface area (Å²) in [5, 5.41) is 12.1. The van der Waals surface area contributed by atoms with Crippen molar-refractivity contribution in [3.8, 4) is 5.75 Å². The molecule has 2 atom stereocenters. The van der Waals surface area contributed by atoms with Crippen molar-refractivity contribution in [3.63, 3.8) is 0 Å². The van der Waals surface area contributed by atoms with Gasteiger partial charge in [-0.2, -0.15) is 11.8 Å². The molecule has 1 saturated heterocycles. The molecule has 2 aromatic rings. The Kier molecular flexibility index (Phi) is 9.38. The molecule has 2 aliphatic rings. The molecular weight excluding hydrogens is 468 g/mol. The Morgan fingerprint density at radius 3 is 2.85 bits per heavy atom. The van der Waals surface area contributed by atoms with Gasteiger partial charge in [0.25, 0.3) is 0 Å².